The molecule has 2 atom stereocenters. The van der Waals surface area contributed by atoms with E-state index in [-0.39, 0.29) is 18.4 Å². The van der Waals surface area contributed by atoms with Gasteiger partial charge in [-0.2, -0.15) is 0 Å². The van der Waals surface area contributed by atoms with Crippen LogP contribution in [0.25, 0.3) is 0 Å². The number of aryl methyl sites for hydroxylation is 1. The molecule has 1 aliphatic carbocycles. The van der Waals surface area contributed by atoms with Crippen LogP contribution in [0.4, 0.5) is 8.78 Å². The first kappa shape index (κ1) is 11.0. The largest absolute Gasteiger partial charge is 0.479 e. The standard InChI is InChI=1S/C11H10F2O3/c12-7-1-2-8-6(5-7)3-4-11(8,16)9(13)10(14)15/h1-2,5,9,16H,3-4H2,(H,14,15). The van der Waals surface area contributed by atoms with E-state index < -0.39 is 23.6 Å². The Morgan fingerprint density at radius 3 is 2.81 bits per heavy atom. The van der Waals surface area contributed by atoms with Crippen LogP contribution in [0, 0.1) is 5.82 Å². The predicted octanol–water partition coefficient (Wildman–Crippen LogP) is 1.38. The highest BCUT2D eigenvalue weighted by Gasteiger charge is 2.47. The fourth-order valence-corrected chi connectivity index (χ4v) is 2.12. The molecule has 2 N–H and O–H groups in total. The number of hydrogen-bond acceptors (Lipinski definition) is 2. The normalized spacial score (nSPS) is 25.2. The summed E-state index contributed by atoms with van der Waals surface area (Å²) in [7, 11) is 0. The molecule has 0 aromatic heterocycles. The van der Waals surface area contributed by atoms with Gasteiger partial charge in [0.1, 0.15) is 11.4 Å². The second kappa shape index (κ2) is 3.52. The van der Waals surface area contributed by atoms with Crippen molar-refractivity contribution in [2.45, 2.75) is 24.6 Å². The quantitative estimate of drug-likeness (QED) is 0.804. The summed E-state index contributed by atoms with van der Waals surface area (Å²) in [6.07, 6.45) is -2.16. The maximum absolute atomic E-state index is 13.5. The van der Waals surface area contributed by atoms with Gasteiger partial charge in [0, 0.05) is 0 Å². The Kier molecular flexibility index (Phi) is 2.42. The summed E-state index contributed by atoms with van der Waals surface area (Å²) in [4.78, 5) is 10.6. The number of hydrogen-bond donors (Lipinski definition) is 2. The van der Waals surface area contributed by atoms with Crippen molar-refractivity contribution in [3.05, 3.63) is 35.1 Å². The number of aliphatic carboxylic acids is 1. The van der Waals surface area contributed by atoms with Crippen molar-refractivity contribution >= 4 is 5.97 Å². The number of carboxylic acid groups (broad SMARTS) is 1. The second-order valence-electron chi connectivity index (χ2n) is 3.93. The molecule has 3 nitrogen and oxygen atoms in total. The third-order valence-electron chi connectivity index (χ3n) is 2.95. The van der Waals surface area contributed by atoms with Crippen molar-refractivity contribution in [2.24, 2.45) is 0 Å². The first-order valence-electron chi connectivity index (χ1n) is 4.83. The monoisotopic (exact) mass is 228 g/mol. The molecule has 0 aliphatic heterocycles. The maximum Gasteiger partial charge on any atom is 0.341 e. The van der Waals surface area contributed by atoms with Crippen LogP contribution in [-0.4, -0.2) is 22.4 Å². The minimum absolute atomic E-state index is 0.0424. The highest BCUT2D eigenvalue weighted by Crippen LogP contribution is 2.40. The Morgan fingerprint density at radius 1 is 1.50 bits per heavy atom. The van der Waals surface area contributed by atoms with Gasteiger partial charge in [0.05, 0.1) is 0 Å². The molecule has 2 rings (SSSR count). The van der Waals surface area contributed by atoms with E-state index in [0.717, 1.165) is 6.07 Å². The molecule has 0 bridgehead atoms. The molecular weight excluding hydrogens is 218 g/mol. The SMILES string of the molecule is O=C(O)C(F)C1(O)CCc2cc(F)ccc21. The van der Waals surface area contributed by atoms with Gasteiger partial charge < -0.3 is 10.2 Å². The molecule has 16 heavy (non-hydrogen) atoms. The Hall–Kier alpha value is -1.49. The summed E-state index contributed by atoms with van der Waals surface area (Å²) < 4.78 is 26.3. The fraction of sp³-hybridized carbons (Fsp3) is 0.364. The van der Waals surface area contributed by atoms with Gasteiger partial charge in [-0.25, -0.2) is 13.6 Å². The molecule has 0 radical (unpaired) electrons. The van der Waals surface area contributed by atoms with Gasteiger partial charge in [-0.1, -0.05) is 6.07 Å². The van der Waals surface area contributed by atoms with Crippen molar-refractivity contribution in [1.82, 2.24) is 0 Å². The first-order valence-corrected chi connectivity index (χ1v) is 4.83. The van der Waals surface area contributed by atoms with Gasteiger partial charge in [-0.3, -0.25) is 0 Å². The Bertz CT molecular complexity index is 447. The van der Waals surface area contributed by atoms with Crippen molar-refractivity contribution in [3.8, 4) is 0 Å². The van der Waals surface area contributed by atoms with E-state index >= 15 is 0 Å². The number of halogens is 2. The number of carboxylic acids is 1. The molecule has 0 saturated heterocycles. The van der Waals surface area contributed by atoms with Gasteiger partial charge in [-0.15, -0.1) is 0 Å². The van der Waals surface area contributed by atoms with Crippen molar-refractivity contribution in [2.75, 3.05) is 0 Å². The van der Waals surface area contributed by atoms with E-state index in [2.05, 4.69) is 0 Å². The smallest absolute Gasteiger partial charge is 0.341 e. The number of fused-ring (bicyclic) bond motifs is 1. The Morgan fingerprint density at radius 2 is 2.19 bits per heavy atom. The van der Waals surface area contributed by atoms with E-state index in [1.165, 1.54) is 12.1 Å². The molecule has 0 heterocycles. The Labute approximate surface area is 90.3 Å². The van der Waals surface area contributed by atoms with Crippen LogP contribution in [0.3, 0.4) is 0 Å². The zero-order valence-electron chi connectivity index (χ0n) is 8.28. The first-order chi connectivity index (χ1) is 7.45. The van der Waals surface area contributed by atoms with E-state index in [1.807, 2.05) is 0 Å². The van der Waals surface area contributed by atoms with E-state index in [1.54, 1.807) is 0 Å². The molecular formula is C11H10F2O3. The molecule has 2 unspecified atom stereocenters. The summed E-state index contributed by atoms with van der Waals surface area (Å²) >= 11 is 0. The summed E-state index contributed by atoms with van der Waals surface area (Å²) in [5, 5.41) is 18.6. The van der Waals surface area contributed by atoms with E-state index in [4.69, 9.17) is 5.11 Å². The summed E-state index contributed by atoms with van der Waals surface area (Å²) in [6, 6.07) is 3.53. The van der Waals surface area contributed by atoms with Crippen LogP contribution in [0.1, 0.15) is 17.5 Å². The minimum atomic E-state index is -2.39. The maximum atomic E-state index is 13.5. The lowest BCUT2D eigenvalue weighted by Crippen LogP contribution is -2.39. The van der Waals surface area contributed by atoms with Crippen LogP contribution in [-0.2, 0) is 16.8 Å². The number of rotatable bonds is 2. The molecule has 5 heteroatoms. The molecule has 1 aromatic carbocycles. The van der Waals surface area contributed by atoms with Crippen LogP contribution in [0.5, 0.6) is 0 Å². The van der Waals surface area contributed by atoms with E-state index in [9.17, 15) is 18.7 Å². The molecule has 86 valence electrons. The van der Waals surface area contributed by atoms with Gasteiger partial charge in [0.15, 0.2) is 0 Å². The van der Waals surface area contributed by atoms with Crippen molar-refractivity contribution < 1.29 is 23.8 Å². The average molecular weight is 228 g/mol. The summed E-state index contributed by atoms with van der Waals surface area (Å²) in [6.45, 7) is 0. The van der Waals surface area contributed by atoms with Gasteiger partial charge >= 0.3 is 5.97 Å². The topological polar surface area (TPSA) is 57.5 Å². The van der Waals surface area contributed by atoms with Crippen LogP contribution in [0.2, 0.25) is 0 Å². The highest BCUT2D eigenvalue weighted by molar-refractivity contribution is 5.74. The Balaban J connectivity index is 2.46. The van der Waals surface area contributed by atoms with Crippen LogP contribution in [0.15, 0.2) is 18.2 Å². The minimum Gasteiger partial charge on any atom is -0.479 e. The molecule has 0 saturated carbocycles. The molecule has 0 amide bonds. The van der Waals surface area contributed by atoms with Crippen LogP contribution >= 0.6 is 0 Å². The predicted molar refractivity (Wildman–Crippen MR) is 51.1 cm³/mol. The van der Waals surface area contributed by atoms with Crippen LogP contribution < -0.4 is 0 Å². The molecule has 1 aromatic rings. The third-order valence-corrected chi connectivity index (χ3v) is 2.95. The van der Waals surface area contributed by atoms with Gasteiger partial charge in [0.25, 0.3) is 0 Å². The zero-order chi connectivity index (χ0) is 11.9. The summed E-state index contributed by atoms with van der Waals surface area (Å²) in [5.41, 5.74) is -1.40. The molecule has 0 fully saturated rings. The molecule has 1 aliphatic rings. The van der Waals surface area contributed by atoms with E-state index in [0.29, 0.717) is 5.56 Å². The van der Waals surface area contributed by atoms with Crippen molar-refractivity contribution in [3.63, 3.8) is 0 Å². The number of alkyl halides is 1. The van der Waals surface area contributed by atoms with Crippen molar-refractivity contribution in [1.29, 1.82) is 0 Å². The van der Waals surface area contributed by atoms with Gasteiger partial charge in [-0.05, 0) is 36.1 Å². The average Bonchev–Trinajstić information content (AvgIpc) is 2.56. The fourth-order valence-electron chi connectivity index (χ4n) is 2.12. The number of carbonyl (C=O) groups is 1. The third kappa shape index (κ3) is 1.48. The lowest BCUT2D eigenvalue weighted by molar-refractivity contribution is -0.155. The zero-order valence-corrected chi connectivity index (χ0v) is 8.28. The number of benzene rings is 1. The lowest BCUT2D eigenvalue weighted by Gasteiger charge is -2.25. The molecule has 0 spiro atoms. The number of aliphatic hydroxyl groups is 1. The highest BCUT2D eigenvalue weighted by atomic mass is 19.1. The second-order valence-corrected chi connectivity index (χ2v) is 3.93. The van der Waals surface area contributed by atoms with Gasteiger partial charge in [0.2, 0.25) is 6.17 Å². The summed E-state index contributed by atoms with van der Waals surface area (Å²) in [5.74, 6) is -2.19. The lowest BCUT2D eigenvalue weighted by atomic mass is 9.91.